The maximum Gasteiger partial charge on any atom is 0.296 e. The van der Waals surface area contributed by atoms with Crippen molar-refractivity contribution in [3.05, 3.63) is 83.2 Å². The molecule has 1 atom stereocenters. The van der Waals surface area contributed by atoms with E-state index < -0.39 is 34.7 Å². The van der Waals surface area contributed by atoms with Gasteiger partial charge in [0.1, 0.15) is 11.6 Å². The summed E-state index contributed by atoms with van der Waals surface area (Å²) in [5.74, 6) is -3.58. The molecule has 34 heavy (non-hydrogen) atoms. The number of fused-ring (bicyclic) bond motifs is 2. The van der Waals surface area contributed by atoms with E-state index in [-0.39, 0.29) is 24.2 Å². The second kappa shape index (κ2) is 8.53. The molecule has 2 aromatic carbocycles. The number of likely N-dealkylation sites (tertiary alicyclic amines) is 1. The summed E-state index contributed by atoms with van der Waals surface area (Å²) in [5.41, 5.74) is -0.921. The van der Waals surface area contributed by atoms with Crippen LogP contribution < -0.4 is 4.90 Å². The van der Waals surface area contributed by atoms with Crippen LogP contribution in [0.2, 0.25) is 0 Å². The molecule has 0 bridgehead atoms. The molecule has 1 spiro atoms. The molecule has 1 N–H and O–H groups in total. The highest BCUT2D eigenvalue weighted by Crippen LogP contribution is 2.53. The number of carbonyl (C=O) groups is 3. The number of Topliss-reactive ketones (excluding diaryl/α,β-unsaturated/α-hetero) is 1. The summed E-state index contributed by atoms with van der Waals surface area (Å²) in [4.78, 5) is 45.3. The zero-order valence-electron chi connectivity index (χ0n) is 19.3. The molecule has 4 rings (SSSR count). The molecular formula is C26H26FN3O4. The number of hydrogen-bond acceptors (Lipinski definition) is 5. The van der Waals surface area contributed by atoms with Crippen LogP contribution in [0.4, 0.5) is 10.1 Å². The number of anilines is 1. The number of aryl methyl sites for hydroxylation is 1. The van der Waals surface area contributed by atoms with E-state index in [0.29, 0.717) is 23.4 Å². The van der Waals surface area contributed by atoms with E-state index in [2.05, 4.69) is 6.58 Å². The van der Waals surface area contributed by atoms with Gasteiger partial charge in [-0.15, -0.1) is 6.58 Å². The summed E-state index contributed by atoms with van der Waals surface area (Å²) in [6.07, 6.45) is 1.55. The van der Waals surface area contributed by atoms with E-state index >= 15 is 0 Å². The van der Waals surface area contributed by atoms with Gasteiger partial charge < -0.3 is 19.8 Å². The third-order valence-corrected chi connectivity index (χ3v) is 6.34. The smallest absolute Gasteiger partial charge is 0.296 e. The molecule has 176 valence electrons. The lowest BCUT2D eigenvalue weighted by Gasteiger charge is -2.35. The molecule has 2 aliphatic heterocycles. The Balaban J connectivity index is 2.06. The van der Waals surface area contributed by atoms with Crippen molar-refractivity contribution < 1.29 is 23.9 Å². The normalized spacial score (nSPS) is 21.1. The third-order valence-electron chi connectivity index (χ3n) is 6.34. The van der Waals surface area contributed by atoms with E-state index in [1.165, 1.54) is 21.9 Å². The molecule has 0 saturated carbocycles. The Morgan fingerprint density at radius 2 is 1.88 bits per heavy atom. The second-order valence-corrected chi connectivity index (χ2v) is 8.71. The zero-order valence-corrected chi connectivity index (χ0v) is 19.3. The average molecular weight is 464 g/mol. The number of carbonyl (C=O) groups excluding carboxylic acids is 3. The monoisotopic (exact) mass is 463 g/mol. The summed E-state index contributed by atoms with van der Waals surface area (Å²) in [6, 6.07) is 10.9. The van der Waals surface area contributed by atoms with Gasteiger partial charge in [0.25, 0.3) is 17.6 Å². The maximum atomic E-state index is 14.3. The number of nitrogens with zero attached hydrogens (tertiary/aromatic N) is 3. The fraction of sp³-hybridized carbons (Fsp3) is 0.269. The van der Waals surface area contributed by atoms with Crippen molar-refractivity contribution in [2.24, 2.45) is 0 Å². The number of benzene rings is 2. The molecular weight excluding hydrogens is 437 g/mol. The van der Waals surface area contributed by atoms with Gasteiger partial charge >= 0.3 is 0 Å². The van der Waals surface area contributed by atoms with Crippen molar-refractivity contribution in [2.45, 2.75) is 12.5 Å². The van der Waals surface area contributed by atoms with Gasteiger partial charge in [0, 0.05) is 30.8 Å². The molecule has 1 saturated heterocycles. The molecule has 0 unspecified atom stereocenters. The van der Waals surface area contributed by atoms with E-state index in [1.807, 2.05) is 19.0 Å². The first kappa shape index (κ1) is 23.4. The first-order valence-electron chi connectivity index (χ1n) is 10.9. The number of hydrogen-bond donors (Lipinski definition) is 1. The highest BCUT2D eigenvalue weighted by molar-refractivity contribution is 6.50. The highest BCUT2D eigenvalue weighted by atomic mass is 19.1. The number of amides is 2. The van der Waals surface area contributed by atoms with Crippen LogP contribution in [0.1, 0.15) is 16.7 Å². The van der Waals surface area contributed by atoms with Crippen molar-refractivity contribution in [1.29, 1.82) is 0 Å². The number of para-hydroxylation sites is 1. The summed E-state index contributed by atoms with van der Waals surface area (Å²) >= 11 is 0. The van der Waals surface area contributed by atoms with Gasteiger partial charge in [-0.2, -0.15) is 0 Å². The lowest BCUT2D eigenvalue weighted by atomic mass is 9.82. The fourth-order valence-corrected chi connectivity index (χ4v) is 4.66. The molecule has 0 aromatic heterocycles. The van der Waals surface area contributed by atoms with Crippen LogP contribution in [-0.4, -0.2) is 66.2 Å². The van der Waals surface area contributed by atoms with Crippen molar-refractivity contribution in [3.8, 4) is 0 Å². The number of halogens is 1. The Morgan fingerprint density at radius 3 is 2.53 bits per heavy atom. The van der Waals surface area contributed by atoms with Gasteiger partial charge in [-0.05, 0) is 38.7 Å². The van der Waals surface area contributed by atoms with Crippen molar-refractivity contribution in [3.63, 3.8) is 0 Å². The van der Waals surface area contributed by atoms with Gasteiger partial charge in [0.2, 0.25) is 0 Å². The molecule has 2 aromatic rings. The van der Waals surface area contributed by atoms with Crippen LogP contribution in [0.25, 0.3) is 5.76 Å². The largest absolute Gasteiger partial charge is 0.507 e. The first-order valence-corrected chi connectivity index (χ1v) is 10.9. The van der Waals surface area contributed by atoms with Crippen LogP contribution >= 0.6 is 0 Å². The van der Waals surface area contributed by atoms with E-state index in [1.54, 1.807) is 37.3 Å². The van der Waals surface area contributed by atoms with Crippen molar-refractivity contribution >= 4 is 29.0 Å². The zero-order chi connectivity index (χ0) is 24.8. The first-order chi connectivity index (χ1) is 16.2. The van der Waals surface area contributed by atoms with Gasteiger partial charge in [0.15, 0.2) is 5.54 Å². The average Bonchev–Trinajstić information content (AvgIpc) is 3.18. The Labute approximate surface area is 197 Å². The number of ketones is 1. The molecule has 7 nitrogen and oxygen atoms in total. The third kappa shape index (κ3) is 3.25. The molecule has 2 heterocycles. The van der Waals surface area contributed by atoms with Crippen LogP contribution in [-0.2, 0) is 19.9 Å². The van der Waals surface area contributed by atoms with E-state index in [9.17, 15) is 23.9 Å². The summed E-state index contributed by atoms with van der Waals surface area (Å²) in [6.45, 7) is 5.89. The standard InChI is InChI=1S/C26H26FN3O4/c1-5-12-29-20-9-7-6-8-18(20)26(25(29)34)21(22(31)17-11-10-16(2)19(27)15-17)23(32)24(33)30(26)14-13-28(3)4/h5-11,15,31H,1,12-14H2,2-4H3/t26-/m0/s1. The number of aliphatic hydroxyl groups excluding tert-OH is 1. The second-order valence-electron chi connectivity index (χ2n) is 8.71. The van der Waals surface area contributed by atoms with Crippen LogP contribution in [0, 0.1) is 12.7 Å². The Kier molecular flexibility index (Phi) is 5.87. The summed E-state index contributed by atoms with van der Waals surface area (Å²) < 4.78 is 14.3. The topological polar surface area (TPSA) is 81.2 Å². The Hall–Kier alpha value is -3.78. The molecule has 2 aliphatic rings. The van der Waals surface area contributed by atoms with Gasteiger partial charge in [-0.1, -0.05) is 36.4 Å². The van der Waals surface area contributed by atoms with Gasteiger partial charge in [0.05, 0.1) is 11.3 Å². The lowest BCUT2D eigenvalue weighted by Crippen LogP contribution is -2.53. The van der Waals surface area contributed by atoms with E-state index in [4.69, 9.17) is 0 Å². The molecule has 8 heteroatoms. The van der Waals surface area contributed by atoms with Crippen molar-refractivity contribution in [2.75, 3.05) is 38.6 Å². The Morgan fingerprint density at radius 1 is 1.18 bits per heavy atom. The highest BCUT2D eigenvalue weighted by Gasteiger charge is 2.66. The van der Waals surface area contributed by atoms with Gasteiger partial charge in [-0.25, -0.2) is 4.39 Å². The molecule has 2 amide bonds. The maximum absolute atomic E-state index is 14.3. The number of likely N-dealkylation sites (N-methyl/N-ethyl adjacent to an activating group) is 1. The minimum absolute atomic E-state index is 0.0144. The fourth-order valence-electron chi connectivity index (χ4n) is 4.66. The molecule has 0 radical (unpaired) electrons. The summed E-state index contributed by atoms with van der Waals surface area (Å²) in [7, 11) is 3.62. The molecule has 1 fully saturated rings. The SMILES string of the molecule is C=CCN1C(=O)[C@@]2(C(=C(O)c3ccc(C)c(F)c3)C(=O)C(=O)N2CCN(C)C)c2ccccc21. The molecule has 0 aliphatic carbocycles. The number of rotatable bonds is 6. The lowest BCUT2D eigenvalue weighted by molar-refractivity contribution is -0.143. The van der Waals surface area contributed by atoms with Gasteiger partial charge in [-0.3, -0.25) is 14.4 Å². The Bertz CT molecular complexity index is 1250. The minimum atomic E-state index is -1.87. The van der Waals surface area contributed by atoms with Crippen molar-refractivity contribution in [1.82, 2.24) is 9.80 Å². The van der Waals surface area contributed by atoms with Crippen LogP contribution in [0.5, 0.6) is 0 Å². The number of aliphatic hydroxyl groups is 1. The van der Waals surface area contributed by atoms with E-state index in [0.717, 1.165) is 6.07 Å². The predicted octanol–water partition coefficient (Wildman–Crippen LogP) is 2.80. The minimum Gasteiger partial charge on any atom is -0.507 e. The quantitative estimate of drug-likeness (QED) is 0.308. The van der Waals surface area contributed by atoms with Crippen LogP contribution in [0.3, 0.4) is 0 Å². The predicted molar refractivity (Wildman–Crippen MR) is 127 cm³/mol. The van der Waals surface area contributed by atoms with Crippen LogP contribution in [0.15, 0.2) is 60.7 Å². The summed E-state index contributed by atoms with van der Waals surface area (Å²) in [5, 5.41) is 11.3.